The van der Waals surface area contributed by atoms with Crippen molar-refractivity contribution in [3.05, 3.63) is 65.4 Å². The van der Waals surface area contributed by atoms with E-state index in [2.05, 4.69) is 0 Å². The molecule has 3 rings (SSSR count). The molecule has 1 fully saturated rings. The first-order valence-electron chi connectivity index (χ1n) is 9.29. The Labute approximate surface area is 166 Å². The largest absolute Gasteiger partial charge is 0.525 e. The average molecular weight is 384 g/mol. The summed E-state index contributed by atoms with van der Waals surface area (Å²) in [6, 6.07) is 15.1. The van der Waals surface area contributed by atoms with Crippen LogP contribution in [0.4, 0.5) is 4.39 Å². The summed E-state index contributed by atoms with van der Waals surface area (Å²) in [7, 11) is 0.548. The van der Waals surface area contributed by atoms with Crippen molar-refractivity contribution < 1.29 is 23.2 Å². The lowest BCUT2D eigenvalue weighted by molar-refractivity contribution is 0.00578. The molecule has 4 nitrogen and oxygen atoms in total. The number of benzene rings is 2. The molecule has 0 saturated carbocycles. The first-order chi connectivity index (χ1) is 13.2. The van der Waals surface area contributed by atoms with Gasteiger partial charge in [0.2, 0.25) is 0 Å². The Bertz CT molecular complexity index is 833. The van der Waals surface area contributed by atoms with E-state index in [9.17, 15) is 4.39 Å². The highest BCUT2D eigenvalue weighted by molar-refractivity contribution is 6.54. The standard InChI is InChI=1S/C22H26BFO4/c1-21(2)22(3,4)28-23(27-21)20(24)14-17-11-12-18(25-5)19(13-17)26-15-16-9-7-6-8-10-16/h6-14H,15H2,1-5H3. The minimum Gasteiger partial charge on any atom is -0.493 e. The molecule has 0 spiro atoms. The van der Waals surface area contributed by atoms with Gasteiger partial charge in [0.05, 0.1) is 18.3 Å². The van der Waals surface area contributed by atoms with E-state index in [4.69, 9.17) is 18.8 Å². The Hall–Kier alpha value is -2.31. The van der Waals surface area contributed by atoms with E-state index in [1.807, 2.05) is 58.0 Å². The second-order valence-electron chi connectivity index (χ2n) is 7.80. The van der Waals surface area contributed by atoms with Crippen molar-refractivity contribution in [1.29, 1.82) is 0 Å². The predicted molar refractivity (Wildman–Crippen MR) is 109 cm³/mol. The molecular weight excluding hydrogens is 358 g/mol. The minimum absolute atomic E-state index is 0.393. The molecule has 6 heteroatoms. The zero-order chi connectivity index (χ0) is 20.4. The van der Waals surface area contributed by atoms with Gasteiger partial charge in [-0.05, 0) is 57.0 Å². The Kier molecular flexibility index (Phi) is 5.82. The number of methoxy groups -OCH3 is 1. The van der Waals surface area contributed by atoms with Crippen molar-refractivity contribution in [2.45, 2.75) is 45.5 Å². The predicted octanol–water partition coefficient (Wildman–Crippen LogP) is 5.22. The molecule has 1 heterocycles. The van der Waals surface area contributed by atoms with Crippen LogP contribution in [-0.4, -0.2) is 25.4 Å². The third kappa shape index (κ3) is 4.40. The molecule has 0 aliphatic carbocycles. The Balaban J connectivity index is 1.78. The number of hydrogen-bond acceptors (Lipinski definition) is 4. The van der Waals surface area contributed by atoms with Crippen LogP contribution in [0.15, 0.2) is 54.3 Å². The molecule has 1 aliphatic heterocycles. The van der Waals surface area contributed by atoms with Crippen LogP contribution in [0.3, 0.4) is 0 Å². The molecule has 2 aromatic carbocycles. The lowest BCUT2D eigenvalue weighted by Gasteiger charge is -2.32. The summed E-state index contributed by atoms with van der Waals surface area (Å²) < 4.78 is 37.5. The zero-order valence-electron chi connectivity index (χ0n) is 17.0. The van der Waals surface area contributed by atoms with Gasteiger partial charge in [-0.25, -0.2) is 4.39 Å². The lowest BCUT2D eigenvalue weighted by Crippen LogP contribution is -2.41. The SMILES string of the molecule is COc1ccc(C=C(F)B2OC(C)(C)C(C)(C)O2)cc1OCc1ccccc1. The van der Waals surface area contributed by atoms with Gasteiger partial charge in [-0.2, -0.15) is 0 Å². The van der Waals surface area contributed by atoms with Crippen molar-refractivity contribution in [2.75, 3.05) is 7.11 Å². The van der Waals surface area contributed by atoms with Gasteiger partial charge in [0.15, 0.2) is 11.5 Å². The molecule has 1 aliphatic rings. The van der Waals surface area contributed by atoms with E-state index in [-0.39, 0.29) is 0 Å². The zero-order valence-corrected chi connectivity index (χ0v) is 17.0. The van der Waals surface area contributed by atoms with Gasteiger partial charge in [0.25, 0.3) is 0 Å². The molecule has 2 aromatic rings. The third-order valence-corrected chi connectivity index (χ3v) is 5.21. The van der Waals surface area contributed by atoms with E-state index in [1.165, 1.54) is 6.08 Å². The smallest absolute Gasteiger partial charge is 0.493 e. The summed E-state index contributed by atoms with van der Waals surface area (Å²) in [5, 5.41) is 0. The van der Waals surface area contributed by atoms with Crippen LogP contribution in [0.1, 0.15) is 38.8 Å². The summed E-state index contributed by atoms with van der Waals surface area (Å²) in [4.78, 5) is 0. The number of halogens is 1. The molecule has 0 radical (unpaired) electrons. The van der Waals surface area contributed by atoms with Crippen LogP contribution in [0.25, 0.3) is 6.08 Å². The summed E-state index contributed by atoms with van der Waals surface area (Å²) in [6.45, 7) is 7.96. The Morgan fingerprint density at radius 1 is 1.00 bits per heavy atom. The van der Waals surface area contributed by atoms with Crippen LogP contribution in [-0.2, 0) is 15.9 Å². The first kappa shape index (κ1) is 20.4. The Morgan fingerprint density at radius 3 is 2.25 bits per heavy atom. The van der Waals surface area contributed by atoms with Crippen molar-refractivity contribution in [2.24, 2.45) is 0 Å². The lowest BCUT2D eigenvalue weighted by atomic mass is 9.87. The summed E-state index contributed by atoms with van der Waals surface area (Å²) in [6.07, 6.45) is 1.40. The first-order valence-corrected chi connectivity index (χ1v) is 9.29. The molecule has 0 atom stereocenters. The molecule has 148 valence electrons. The minimum atomic E-state index is -1.03. The van der Waals surface area contributed by atoms with Crippen LogP contribution in [0.5, 0.6) is 11.5 Å². The highest BCUT2D eigenvalue weighted by Gasteiger charge is 2.53. The van der Waals surface area contributed by atoms with Gasteiger partial charge in [0.1, 0.15) is 12.3 Å². The van der Waals surface area contributed by atoms with Crippen LogP contribution < -0.4 is 9.47 Å². The van der Waals surface area contributed by atoms with Crippen LogP contribution in [0.2, 0.25) is 0 Å². The maximum absolute atomic E-state index is 14.8. The quantitative estimate of drug-likeness (QED) is 0.641. The van der Waals surface area contributed by atoms with E-state index < -0.39 is 24.0 Å². The monoisotopic (exact) mass is 384 g/mol. The normalized spacial score (nSPS) is 18.2. The van der Waals surface area contributed by atoms with Gasteiger partial charge in [-0.3, -0.25) is 0 Å². The van der Waals surface area contributed by atoms with E-state index >= 15 is 0 Å². The number of rotatable bonds is 6. The van der Waals surface area contributed by atoms with Gasteiger partial charge in [-0.1, -0.05) is 36.4 Å². The van der Waals surface area contributed by atoms with Crippen LogP contribution in [0, 0.1) is 0 Å². The summed E-state index contributed by atoms with van der Waals surface area (Å²) in [5.41, 5.74) is 0.00201. The van der Waals surface area contributed by atoms with Crippen molar-refractivity contribution in [1.82, 2.24) is 0 Å². The van der Waals surface area contributed by atoms with Gasteiger partial charge < -0.3 is 18.8 Å². The summed E-state index contributed by atoms with van der Waals surface area (Å²) in [5.74, 6) is 1.13. The molecule has 1 saturated heterocycles. The highest BCUT2D eigenvalue weighted by Crippen LogP contribution is 2.39. The molecule has 0 unspecified atom stereocenters. The van der Waals surface area contributed by atoms with Gasteiger partial charge >= 0.3 is 7.12 Å². The molecule has 0 amide bonds. The third-order valence-electron chi connectivity index (χ3n) is 5.21. The molecular formula is C22H26BFO4. The molecule has 28 heavy (non-hydrogen) atoms. The fourth-order valence-electron chi connectivity index (χ4n) is 2.81. The highest BCUT2D eigenvalue weighted by atomic mass is 19.1. The van der Waals surface area contributed by atoms with E-state index in [0.717, 1.165) is 5.56 Å². The topological polar surface area (TPSA) is 36.9 Å². The van der Waals surface area contributed by atoms with Crippen molar-refractivity contribution in [3.63, 3.8) is 0 Å². The number of ether oxygens (including phenoxy) is 2. The fourth-order valence-corrected chi connectivity index (χ4v) is 2.81. The van der Waals surface area contributed by atoms with Crippen molar-refractivity contribution in [3.8, 4) is 11.5 Å². The van der Waals surface area contributed by atoms with E-state index in [0.29, 0.717) is 23.7 Å². The Morgan fingerprint density at radius 2 is 1.64 bits per heavy atom. The van der Waals surface area contributed by atoms with Gasteiger partial charge in [0, 0.05) is 0 Å². The summed E-state index contributed by atoms with van der Waals surface area (Å²) >= 11 is 0. The maximum Gasteiger partial charge on any atom is 0.525 e. The van der Waals surface area contributed by atoms with Gasteiger partial charge in [-0.15, -0.1) is 0 Å². The molecule has 0 bridgehead atoms. The average Bonchev–Trinajstić information content (AvgIpc) is 2.88. The number of hydrogen-bond donors (Lipinski definition) is 0. The second-order valence-corrected chi connectivity index (χ2v) is 7.80. The van der Waals surface area contributed by atoms with E-state index in [1.54, 1.807) is 25.3 Å². The maximum atomic E-state index is 14.8. The fraction of sp³-hybridized carbons (Fsp3) is 0.364. The second kappa shape index (κ2) is 7.98. The van der Waals surface area contributed by atoms with Crippen LogP contribution >= 0.6 is 0 Å². The van der Waals surface area contributed by atoms with Crippen molar-refractivity contribution >= 4 is 13.2 Å². The molecule has 0 aromatic heterocycles. The molecule has 0 N–H and O–H groups in total.